The van der Waals surface area contributed by atoms with Crippen LogP contribution in [0.4, 0.5) is 13.2 Å². The molecule has 6 heteroatoms. The molecule has 2 aromatic rings. The summed E-state index contributed by atoms with van der Waals surface area (Å²) in [4.78, 5) is 3.42. The van der Waals surface area contributed by atoms with Crippen molar-refractivity contribution in [2.45, 2.75) is 12.7 Å². The molecule has 3 nitrogen and oxygen atoms in total. The quantitative estimate of drug-likeness (QED) is 0.854. The van der Waals surface area contributed by atoms with Crippen LogP contribution >= 0.6 is 0 Å². The molecule has 0 atom stereocenters. The van der Waals surface area contributed by atoms with Gasteiger partial charge < -0.3 is 5.32 Å². The third-order valence-electron chi connectivity index (χ3n) is 2.24. The van der Waals surface area contributed by atoms with E-state index >= 15 is 0 Å². The molecule has 0 aliphatic rings. The minimum absolute atomic E-state index is 0.358. The second-order valence-corrected chi connectivity index (χ2v) is 3.39. The van der Waals surface area contributed by atoms with E-state index in [2.05, 4.69) is 10.3 Å². The molecular formula is C10H10F3N3. The van der Waals surface area contributed by atoms with Gasteiger partial charge in [-0.2, -0.15) is 13.2 Å². The third kappa shape index (κ3) is 1.76. The minimum Gasteiger partial charge on any atom is -0.314 e. The molecule has 1 N–H and O–H groups in total. The molecule has 0 aromatic carbocycles. The Labute approximate surface area is 89.9 Å². The first-order chi connectivity index (χ1) is 7.54. The van der Waals surface area contributed by atoms with Gasteiger partial charge in [0.05, 0.1) is 11.7 Å². The Bertz CT molecular complexity index is 501. The lowest BCUT2D eigenvalue weighted by molar-refractivity contribution is -0.145. The zero-order valence-corrected chi connectivity index (χ0v) is 8.54. The lowest BCUT2D eigenvalue weighted by Crippen LogP contribution is -2.16. The summed E-state index contributed by atoms with van der Waals surface area (Å²) < 4.78 is 39.1. The van der Waals surface area contributed by atoms with Gasteiger partial charge in [-0.05, 0) is 19.2 Å². The van der Waals surface area contributed by atoms with Crippen molar-refractivity contribution < 1.29 is 13.2 Å². The normalized spacial score (nSPS) is 12.2. The second kappa shape index (κ2) is 3.79. The number of nitrogens with one attached hydrogen (secondary N) is 1. The van der Waals surface area contributed by atoms with Gasteiger partial charge in [-0.15, -0.1) is 0 Å². The molecule has 16 heavy (non-hydrogen) atoms. The Kier molecular flexibility index (Phi) is 2.59. The summed E-state index contributed by atoms with van der Waals surface area (Å²) in [6, 6.07) is 4.95. The molecule has 0 radical (unpaired) electrons. The van der Waals surface area contributed by atoms with Gasteiger partial charge in [-0.25, -0.2) is 4.98 Å². The molecule has 0 spiro atoms. The average molecular weight is 229 g/mol. The number of halogens is 3. The molecule has 2 rings (SSSR count). The first-order valence-corrected chi connectivity index (χ1v) is 4.71. The van der Waals surface area contributed by atoms with E-state index in [4.69, 9.17) is 0 Å². The Balaban J connectivity index is 2.68. The molecule has 0 bridgehead atoms. The van der Waals surface area contributed by atoms with Gasteiger partial charge in [-0.3, -0.25) is 4.40 Å². The number of nitrogens with zero attached hydrogens (tertiary/aromatic N) is 2. The summed E-state index contributed by atoms with van der Waals surface area (Å²) in [6.07, 6.45) is -3.21. The number of alkyl halides is 3. The van der Waals surface area contributed by atoms with Crippen molar-refractivity contribution in [3.8, 4) is 0 Å². The Morgan fingerprint density at radius 3 is 2.75 bits per heavy atom. The summed E-state index contributed by atoms with van der Waals surface area (Å²) in [5.41, 5.74) is 0.977. The smallest absolute Gasteiger partial charge is 0.314 e. The van der Waals surface area contributed by atoms with Gasteiger partial charge in [0.25, 0.3) is 0 Å². The maximum Gasteiger partial charge on any atom is 0.450 e. The number of rotatable bonds is 2. The number of hydrogen-bond acceptors (Lipinski definition) is 2. The molecule has 86 valence electrons. The van der Waals surface area contributed by atoms with E-state index in [1.54, 1.807) is 25.2 Å². The van der Waals surface area contributed by atoms with Gasteiger partial charge in [0.2, 0.25) is 5.82 Å². The molecule has 0 saturated heterocycles. The van der Waals surface area contributed by atoms with E-state index in [-0.39, 0.29) is 0 Å². The molecule has 2 heterocycles. The van der Waals surface area contributed by atoms with E-state index in [1.807, 2.05) is 0 Å². The number of imidazole rings is 1. The zero-order chi connectivity index (χ0) is 11.8. The topological polar surface area (TPSA) is 29.3 Å². The molecule has 0 unspecified atom stereocenters. The summed E-state index contributed by atoms with van der Waals surface area (Å²) in [7, 11) is 1.68. The third-order valence-corrected chi connectivity index (χ3v) is 2.24. The summed E-state index contributed by atoms with van der Waals surface area (Å²) in [6.45, 7) is 0.358. The fraction of sp³-hybridized carbons (Fsp3) is 0.300. The molecule has 0 fully saturated rings. The van der Waals surface area contributed by atoms with Crippen molar-refractivity contribution in [2.75, 3.05) is 7.05 Å². The Hall–Kier alpha value is -1.56. The minimum atomic E-state index is -4.43. The summed E-state index contributed by atoms with van der Waals surface area (Å²) in [5, 5.41) is 2.83. The maximum atomic E-state index is 12.7. The van der Waals surface area contributed by atoms with E-state index < -0.39 is 12.0 Å². The standard InChI is InChI=1S/C10H10F3N3/c1-14-5-7-3-2-4-8-6-15-9(16(7)8)10(11,12)13/h2-4,6,14H,5H2,1H3. The highest BCUT2D eigenvalue weighted by Gasteiger charge is 2.36. The first-order valence-electron chi connectivity index (χ1n) is 4.71. The summed E-state index contributed by atoms with van der Waals surface area (Å²) >= 11 is 0. The van der Waals surface area contributed by atoms with Crippen molar-refractivity contribution >= 4 is 5.52 Å². The van der Waals surface area contributed by atoms with Crippen LogP contribution in [0.2, 0.25) is 0 Å². The SMILES string of the molecule is CNCc1cccc2cnc(C(F)(F)F)n12. The lowest BCUT2D eigenvalue weighted by Gasteiger charge is -2.10. The number of aromatic nitrogens is 2. The maximum absolute atomic E-state index is 12.7. The van der Waals surface area contributed by atoms with Crippen LogP contribution < -0.4 is 5.32 Å². The van der Waals surface area contributed by atoms with E-state index in [0.29, 0.717) is 17.8 Å². The largest absolute Gasteiger partial charge is 0.450 e. The monoisotopic (exact) mass is 229 g/mol. The van der Waals surface area contributed by atoms with Gasteiger partial charge in [0, 0.05) is 12.2 Å². The van der Waals surface area contributed by atoms with E-state index in [1.165, 1.54) is 6.20 Å². The lowest BCUT2D eigenvalue weighted by atomic mass is 10.3. The molecule has 0 aliphatic heterocycles. The zero-order valence-electron chi connectivity index (χ0n) is 8.54. The number of pyridine rings is 1. The molecule has 2 aromatic heterocycles. The first kappa shape index (κ1) is 10.9. The molecule has 0 amide bonds. The van der Waals surface area contributed by atoms with Crippen LogP contribution in [0.3, 0.4) is 0 Å². The highest BCUT2D eigenvalue weighted by atomic mass is 19.4. The molecule has 0 aliphatic carbocycles. The van der Waals surface area contributed by atoms with Crippen LogP contribution in [-0.4, -0.2) is 16.4 Å². The summed E-state index contributed by atoms with van der Waals surface area (Å²) in [5.74, 6) is -0.881. The highest BCUT2D eigenvalue weighted by Crippen LogP contribution is 2.29. The Morgan fingerprint density at radius 2 is 2.12 bits per heavy atom. The molecular weight excluding hydrogens is 219 g/mol. The van der Waals surface area contributed by atoms with Crippen LogP contribution in [0.5, 0.6) is 0 Å². The highest BCUT2D eigenvalue weighted by molar-refractivity contribution is 5.47. The van der Waals surface area contributed by atoms with Crippen molar-refractivity contribution in [2.24, 2.45) is 0 Å². The second-order valence-electron chi connectivity index (χ2n) is 3.39. The van der Waals surface area contributed by atoms with Gasteiger partial charge in [-0.1, -0.05) is 6.07 Å². The number of hydrogen-bond donors (Lipinski definition) is 1. The fourth-order valence-electron chi connectivity index (χ4n) is 1.64. The van der Waals surface area contributed by atoms with Crippen molar-refractivity contribution in [3.63, 3.8) is 0 Å². The molecule has 0 saturated carbocycles. The average Bonchev–Trinajstić information content (AvgIpc) is 2.62. The van der Waals surface area contributed by atoms with Crippen LogP contribution in [0.1, 0.15) is 11.5 Å². The van der Waals surface area contributed by atoms with E-state index in [0.717, 1.165) is 4.40 Å². The van der Waals surface area contributed by atoms with Crippen LogP contribution in [0.25, 0.3) is 5.52 Å². The van der Waals surface area contributed by atoms with Crippen LogP contribution in [-0.2, 0) is 12.7 Å². The fourth-order valence-corrected chi connectivity index (χ4v) is 1.64. The van der Waals surface area contributed by atoms with Crippen molar-refractivity contribution in [1.82, 2.24) is 14.7 Å². The number of fused-ring (bicyclic) bond motifs is 1. The predicted octanol–water partition coefficient (Wildman–Crippen LogP) is 2.07. The predicted molar refractivity (Wildman–Crippen MR) is 53.0 cm³/mol. The Morgan fingerprint density at radius 1 is 1.38 bits per heavy atom. The van der Waals surface area contributed by atoms with Gasteiger partial charge in [0.1, 0.15) is 0 Å². The van der Waals surface area contributed by atoms with Gasteiger partial charge >= 0.3 is 6.18 Å². The van der Waals surface area contributed by atoms with E-state index in [9.17, 15) is 13.2 Å². The van der Waals surface area contributed by atoms with Crippen LogP contribution in [0, 0.1) is 0 Å². The van der Waals surface area contributed by atoms with Crippen molar-refractivity contribution in [3.05, 3.63) is 35.9 Å². The van der Waals surface area contributed by atoms with Crippen molar-refractivity contribution in [1.29, 1.82) is 0 Å². The van der Waals surface area contributed by atoms with Gasteiger partial charge in [0.15, 0.2) is 0 Å². The van der Waals surface area contributed by atoms with Crippen LogP contribution in [0.15, 0.2) is 24.4 Å².